The molecule has 0 aliphatic carbocycles. The third-order valence-electron chi connectivity index (χ3n) is 14.9. The first-order valence-corrected chi connectivity index (χ1v) is 33.9. The summed E-state index contributed by atoms with van der Waals surface area (Å²) in [5.41, 5.74) is 14.3. The van der Waals surface area contributed by atoms with Crippen molar-refractivity contribution in [1.82, 2.24) is 51.2 Å². The van der Waals surface area contributed by atoms with E-state index in [2.05, 4.69) is 74.4 Å². The number of thiophene rings is 2. The highest BCUT2D eigenvalue weighted by Gasteiger charge is 2.29. The number of carboxylic acids is 4. The Morgan fingerprint density at radius 1 is 0.644 bits per heavy atom. The topological polar surface area (TPSA) is 512 Å². The molecule has 0 bridgehead atoms. The van der Waals surface area contributed by atoms with E-state index in [0.717, 1.165) is 54.1 Å². The number of ether oxygens (including phenoxy) is 2. The Balaban J connectivity index is 0.000000262. The van der Waals surface area contributed by atoms with Crippen molar-refractivity contribution < 1.29 is 88.1 Å². The van der Waals surface area contributed by atoms with Crippen molar-refractivity contribution in [3.05, 3.63) is 87.1 Å². The highest BCUT2D eigenvalue weighted by Crippen LogP contribution is 2.43. The van der Waals surface area contributed by atoms with Gasteiger partial charge in [-0.3, -0.25) is 47.9 Å². The SMILES string of the molecule is C.C.C[C@@H]1CNc2c(sc3ccc4nc(Oc5nc(Cl)ncc5CO)ccc4c23)C(=O)N1.C[C@@H]1CNc2c(sc3ccc4nc(Oc5nc(SC[C@H](CC(=O)CC[C@H](N)C(=O)O)C(=O)NCC(=O)O)ncc5CO)ccc4c23)C(=O)N1.N[C@@H](CCC(=O)C[C@@H](CS)C(=O)NCC(=O)O)C(=O)O. The van der Waals surface area contributed by atoms with Crippen LogP contribution in [0.5, 0.6) is 23.5 Å². The van der Waals surface area contributed by atoms with Crippen LogP contribution in [-0.4, -0.2) is 181 Å². The van der Waals surface area contributed by atoms with Crippen molar-refractivity contribution in [2.75, 3.05) is 48.3 Å². The number of nitrogens with zero attached hydrogens (tertiary/aromatic N) is 6. The van der Waals surface area contributed by atoms with Gasteiger partial charge in [-0.1, -0.05) is 26.6 Å². The van der Waals surface area contributed by atoms with E-state index in [1.807, 2.05) is 50.2 Å². The number of carbonyl (C=O) groups is 10. The van der Waals surface area contributed by atoms with Gasteiger partial charge in [-0.25, -0.2) is 19.9 Å². The second-order valence-corrected chi connectivity index (χ2v) is 26.3. The maximum absolute atomic E-state index is 12.8. The molecule has 6 atom stereocenters. The minimum atomic E-state index is -1.27. The second-order valence-electron chi connectivity index (χ2n) is 22.5. The summed E-state index contributed by atoms with van der Waals surface area (Å²) < 4.78 is 13.7. The summed E-state index contributed by atoms with van der Waals surface area (Å²) in [5, 5.41) is 75.2. The van der Waals surface area contributed by atoms with Crippen LogP contribution in [0, 0.1) is 11.8 Å². The molecule has 4 amide bonds. The molecular weight excluding hydrogens is 1420 g/mol. The van der Waals surface area contributed by atoms with E-state index in [1.54, 1.807) is 12.1 Å². The fourth-order valence-corrected chi connectivity index (χ4v) is 13.3. The zero-order valence-electron chi connectivity index (χ0n) is 52.6. The highest BCUT2D eigenvalue weighted by atomic mass is 35.5. The Hall–Kier alpha value is -9.53. The molecule has 0 spiro atoms. The van der Waals surface area contributed by atoms with Gasteiger partial charge in [-0.15, -0.1) is 22.7 Å². The lowest BCUT2D eigenvalue weighted by Gasteiger charge is -2.16. The van der Waals surface area contributed by atoms with Gasteiger partial charge < -0.3 is 83.5 Å². The summed E-state index contributed by atoms with van der Waals surface area (Å²) in [7, 11) is 0. The number of Topliss-reactive ketones (excluding diaryl/α,β-unsaturated/α-hetero) is 2. The molecule has 16 N–H and O–H groups in total. The van der Waals surface area contributed by atoms with Gasteiger partial charge in [0.25, 0.3) is 11.8 Å². The second kappa shape index (κ2) is 37.2. The van der Waals surface area contributed by atoms with E-state index in [0.29, 0.717) is 45.3 Å². The summed E-state index contributed by atoms with van der Waals surface area (Å²) in [5.74, 6) is -8.11. The average Bonchev–Trinajstić information content (AvgIpc) is 1.65. The van der Waals surface area contributed by atoms with Crippen LogP contribution in [0.2, 0.25) is 5.28 Å². The van der Waals surface area contributed by atoms with E-state index in [-0.39, 0.29) is 135 Å². The smallest absolute Gasteiger partial charge is 0.322 e. The van der Waals surface area contributed by atoms with E-state index in [9.17, 15) is 58.2 Å². The molecule has 101 heavy (non-hydrogen) atoms. The Labute approximate surface area is 599 Å². The van der Waals surface area contributed by atoms with Crippen LogP contribution in [0.15, 0.2) is 66.1 Å². The van der Waals surface area contributed by atoms with Crippen molar-refractivity contribution in [3.63, 3.8) is 0 Å². The molecule has 8 heterocycles. The predicted molar refractivity (Wildman–Crippen MR) is 381 cm³/mol. The molecule has 8 aromatic rings. The Kier molecular flexibility index (Phi) is 29.7. The van der Waals surface area contributed by atoms with Gasteiger partial charge in [0.05, 0.1) is 58.6 Å². The van der Waals surface area contributed by atoms with Gasteiger partial charge in [-0.05, 0) is 74.7 Å². The molecule has 0 unspecified atom stereocenters. The van der Waals surface area contributed by atoms with Crippen LogP contribution < -0.4 is 52.8 Å². The molecule has 10 rings (SSSR count). The number of fused-ring (bicyclic) bond motifs is 10. The number of aromatic nitrogens is 6. The first-order chi connectivity index (χ1) is 47.2. The number of thioether (sulfide) groups is 1. The quantitative estimate of drug-likeness (QED) is 0.0152. The number of benzene rings is 2. The minimum absolute atomic E-state index is 0. The number of nitrogens with one attached hydrogen (secondary N) is 6. The molecule has 2 aliphatic rings. The molecule has 37 heteroatoms. The van der Waals surface area contributed by atoms with E-state index in [4.69, 9.17) is 53.0 Å². The summed E-state index contributed by atoms with van der Waals surface area (Å²) in [4.78, 5) is 144. The molecule has 32 nitrogen and oxygen atoms in total. The van der Waals surface area contributed by atoms with Crippen LogP contribution in [0.1, 0.15) is 97.7 Å². The van der Waals surface area contributed by atoms with E-state index >= 15 is 0 Å². The highest BCUT2D eigenvalue weighted by molar-refractivity contribution is 7.99. The number of rotatable bonds is 28. The van der Waals surface area contributed by atoms with Crippen molar-refractivity contribution in [2.24, 2.45) is 23.3 Å². The number of carboxylic acid groups (broad SMARTS) is 4. The van der Waals surface area contributed by atoms with Crippen molar-refractivity contribution in [3.8, 4) is 23.5 Å². The Morgan fingerprint density at radius 2 is 1.08 bits per heavy atom. The summed E-state index contributed by atoms with van der Waals surface area (Å²) in [6, 6.07) is 12.3. The van der Waals surface area contributed by atoms with Crippen LogP contribution in [0.4, 0.5) is 11.4 Å². The summed E-state index contributed by atoms with van der Waals surface area (Å²) in [6.07, 6.45) is 2.00. The maximum atomic E-state index is 12.8. The standard InChI is InChI=1S/C31H33N7O9S2.C20H16ClN5O3S.C11H18N2O6S.2CH4/c1-14-9-33-25-24-18-3-7-22(37-20(18)5-6-21(24)49-26(25)28(44)36-14)47-29-16(12-39)10-35-31(38-29)48-13-15(27(43)34-11-23(41)42)8-17(40)2-4-19(32)30(45)46;1-9-6-22-16-15-11-2-5-14(29-19-10(8-27)7-23-20(21)26-19)25-12(11)3-4-13(15)30-17(16)18(28)24-9;12-8(11(18)19)2-1-7(14)3-6(5-20)10(17)13-4-9(15)16;;/h3,5-7,10,14-15,19,33,39H,2,4,8-9,11-13,32H2,1H3,(H,34,43)(H,36,44)(H,41,42)(H,45,46);2-5,7,9,22,27H,6,8H2,1H3,(H,24,28);6,8,20H,1-5,12H2,(H,13,17)(H,15,16)(H,18,19);2*1H4/t14-,15+,19+;9-;6-,8-;;/m110../s1. The summed E-state index contributed by atoms with van der Waals surface area (Å²) in [6.45, 7) is 3.19. The first-order valence-electron chi connectivity index (χ1n) is 30.2. The molecular formula is C64H75ClN14O18S4. The number of halogens is 1. The fraction of sp³-hybridized carbons (Fsp3) is 0.375. The fourth-order valence-electron chi connectivity index (χ4n) is 9.83. The van der Waals surface area contributed by atoms with Crippen LogP contribution in [0.25, 0.3) is 42.0 Å². The van der Waals surface area contributed by atoms with Gasteiger partial charge in [0.1, 0.15) is 46.5 Å². The van der Waals surface area contributed by atoms with Crippen LogP contribution >= 0.6 is 58.7 Å². The molecule has 2 aliphatic heterocycles. The number of aliphatic hydroxyl groups is 2. The lowest BCUT2D eigenvalue weighted by Crippen LogP contribution is -2.37. The van der Waals surface area contributed by atoms with Crippen LogP contribution in [0.3, 0.4) is 0 Å². The molecule has 0 saturated heterocycles. The van der Waals surface area contributed by atoms with Gasteiger partial charge in [0, 0.05) is 118 Å². The lowest BCUT2D eigenvalue weighted by molar-refractivity contribution is -0.140. The number of thiol groups is 1. The first kappa shape index (κ1) is 80.4. The monoisotopic (exact) mass is 1490 g/mol. The van der Waals surface area contributed by atoms with Crippen molar-refractivity contribution in [2.45, 2.75) is 110 Å². The lowest BCUT2D eigenvalue weighted by atomic mass is 9.99. The Bertz CT molecular complexity index is 4410. The number of ketones is 2. The third kappa shape index (κ3) is 21.5. The molecule has 540 valence electrons. The average molecular weight is 1490 g/mol. The molecule has 0 saturated carbocycles. The zero-order chi connectivity index (χ0) is 71.8. The minimum Gasteiger partial charge on any atom is -0.480 e. The third-order valence-corrected chi connectivity index (χ3v) is 18.9. The van der Waals surface area contributed by atoms with Gasteiger partial charge >= 0.3 is 23.9 Å². The van der Waals surface area contributed by atoms with E-state index in [1.165, 1.54) is 35.1 Å². The number of aliphatic hydroxyl groups excluding tert-OH is 2. The number of nitrogens with two attached hydrogens (primary N) is 2. The molecule has 2 aromatic carbocycles. The molecule has 6 aromatic heterocycles. The number of pyridine rings is 2. The van der Waals surface area contributed by atoms with Gasteiger partial charge in [0.15, 0.2) is 5.16 Å². The predicted octanol–water partition coefficient (Wildman–Crippen LogP) is 6.01. The Morgan fingerprint density at radius 3 is 1.51 bits per heavy atom. The number of aliphatic carboxylic acids is 4. The largest absolute Gasteiger partial charge is 0.480 e. The zero-order valence-corrected chi connectivity index (χ0v) is 56.7. The maximum Gasteiger partial charge on any atom is 0.322 e. The number of carbonyl (C=O) groups excluding carboxylic acids is 6. The number of amides is 4. The number of anilines is 2. The van der Waals surface area contributed by atoms with E-state index < -0.39 is 85.1 Å². The molecule has 0 radical (unpaired) electrons. The number of hydrogen-bond acceptors (Lipinski definition) is 28. The summed E-state index contributed by atoms with van der Waals surface area (Å²) >= 11 is 13.6. The van der Waals surface area contributed by atoms with Crippen molar-refractivity contribution >= 4 is 171 Å². The van der Waals surface area contributed by atoms with Crippen molar-refractivity contribution in [1.29, 1.82) is 0 Å². The molecule has 0 fully saturated rings. The number of hydrogen-bond donors (Lipinski definition) is 15. The normalized spacial score (nSPS) is 14.9. The van der Waals surface area contributed by atoms with Gasteiger partial charge in [-0.2, -0.15) is 22.6 Å². The van der Waals surface area contributed by atoms with Crippen LogP contribution in [-0.2, 0) is 51.6 Å². The van der Waals surface area contributed by atoms with Gasteiger partial charge in [0.2, 0.25) is 40.6 Å².